The summed E-state index contributed by atoms with van der Waals surface area (Å²) in [4.78, 5) is 54.4. The minimum absolute atomic E-state index is 0.134. The molecule has 0 aliphatic rings. The Morgan fingerprint density at radius 3 is 1.75 bits per heavy atom. The van der Waals surface area contributed by atoms with E-state index in [9.17, 15) is 33.3 Å². The highest BCUT2D eigenvalue weighted by molar-refractivity contribution is 7.70. The first kappa shape index (κ1) is 19.3. The molecule has 2 aromatic rings. The minimum atomic E-state index is -5.13. The van der Waals surface area contributed by atoms with Crippen molar-refractivity contribution in [1.29, 1.82) is 0 Å². The van der Waals surface area contributed by atoms with Crippen molar-refractivity contribution in [2.75, 3.05) is 0 Å². The Hall–Kier alpha value is -1.05. The van der Waals surface area contributed by atoms with Crippen molar-refractivity contribution in [2.24, 2.45) is 0 Å². The van der Waals surface area contributed by atoms with Gasteiger partial charge in [0.25, 0.3) is 0 Å². The number of hydrogen-bond acceptors (Lipinski definition) is 4. The molecule has 0 heterocycles. The largest absolute Gasteiger partial charge is 0.524 e. The lowest BCUT2D eigenvalue weighted by Crippen LogP contribution is -2.01. The first-order chi connectivity index (χ1) is 10.8. The maximum absolute atomic E-state index is 11.4. The number of phosphoric ester groups is 1. The highest BCUT2D eigenvalue weighted by Gasteiger charge is 2.44. The van der Waals surface area contributed by atoms with Crippen LogP contribution in [-0.4, -0.2) is 29.4 Å². The maximum Gasteiger partial charge on any atom is 0.524 e. The molecule has 6 N–H and O–H groups in total. The third-order valence-electron chi connectivity index (χ3n) is 3.00. The SMILES string of the molecule is O=P(O)(O)Oc1ccc2cc(C(P(=O)(O)O)P(=O)(O)O)ccc2c1. The quantitative estimate of drug-likeness (QED) is 0.405. The summed E-state index contributed by atoms with van der Waals surface area (Å²) >= 11 is 0. The zero-order valence-electron chi connectivity index (χ0n) is 11.7. The van der Waals surface area contributed by atoms with Crippen molar-refractivity contribution in [2.45, 2.75) is 5.40 Å². The zero-order chi connectivity index (χ0) is 18.3. The summed E-state index contributed by atoms with van der Waals surface area (Å²) < 4.78 is 38.1. The van der Waals surface area contributed by atoms with Crippen LogP contribution in [0.1, 0.15) is 11.0 Å². The Labute approximate surface area is 135 Å². The predicted molar refractivity (Wildman–Crippen MR) is 83.4 cm³/mol. The van der Waals surface area contributed by atoms with E-state index in [4.69, 9.17) is 9.79 Å². The van der Waals surface area contributed by atoms with Gasteiger partial charge in [0.1, 0.15) is 5.75 Å². The van der Waals surface area contributed by atoms with Crippen LogP contribution in [0.25, 0.3) is 10.8 Å². The van der Waals surface area contributed by atoms with E-state index in [1.807, 2.05) is 0 Å². The Morgan fingerprint density at radius 1 is 0.750 bits per heavy atom. The molecule has 0 saturated carbocycles. The first-order valence-electron chi connectivity index (χ1n) is 6.17. The molecule has 0 saturated heterocycles. The summed E-state index contributed by atoms with van der Waals surface area (Å²) in [6.45, 7) is 0. The molecule has 0 aliphatic heterocycles. The number of fused-ring (bicyclic) bond motifs is 1. The molecule has 0 spiro atoms. The second kappa shape index (κ2) is 6.35. The summed E-state index contributed by atoms with van der Waals surface area (Å²) in [6.07, 6.45) is 0. The second-order valence-electron chi connectivity index (χ2n) is 4.90. The van der Waals surface area contributed by atoms with Crippen molar-refractivity contribution in [3.63, 3.8) is 0 Å². The van der Waals surface area contributed by atoms with Gasteiger partial charge >= 0.3 is 23.0 Å². The molecule has 0 aliphatic carbocycles. The Kier molecular flexibility index (Phi) is 5.10. The van der Waals surface area contributed by atoms with Crippen molar-refractivity contribution in [3.05, 3.63) is 42.0 Å². The van der Waals surface area contributed by atoms with Gasteiger partial charge in [-0.15, -0.1) is 0 Å². The van der Waals surface area contributed by atoms with Gasteiger partial charge in [0.15, 0.2) is 5.40 Å². The molecule has 10 nitrogen and oxygen atoms in total. The molecule has 0 unspecified atom stereocenters. The number of phosphoric acid groups is 1. The van der Waals surface area contributed by atoms with Gasteiger partial charge in [0.2, 0.25) is 0 Å². The van der Waals surface area contributed by atoms with Gasteiger partial charge in [-0.25, -0.2) is 4.57 Å². The molecule has 0 aromatic heterocycles. The fourth-order valence-electron chi connectivity index (χ4n) is 2.18. The molecule has 2 rings (SSSR count). The second-order valence-corrected chi connectivity index (χ2v) is 9.86. The predicted octanol–water partition coefficient (Wildman–Crippen LogP) is 1.67. The maximum atomic E-state index is 11.4. The molecule has 13 heteroatoms. The van der Waals surface area contributed by atoms with E-state index in [0.717, 1.165) is 6.07 Å². The summed E-state index contributed by atoms with van der Waals surface area (Å²) in [6, 6.07) is 7.40. The van der Waals surface area contributed by atoms with Crippen LogP contribution in [0.4, 0.5) is 0 Å². The van der Waals surface area contributed by atoms with Gasteiger partial charge in [0.05, 0.1) is 0 Å². The molecular formula is C11H13O10P3. The van der Waals surface area contributed by atoms with Crippen molar-refractivity contribution < 1.29 is 47.6 Å². The van der Waals surface area contributed by atoms with Crippen LogP contribution in [0, 0.1) is 0 Å². The summed E-state index contributed by atoms with van der Waals surface area (Å²) in [5.41, 5.74) is -0.257. The van der Waals surface area contributed by atoms with Crippen molar-refractivity contribution >= 4 is 33.8 Å². The minimum Gasteiger partial charge on any atom is -0.404 e. The van der Waals surface area contributed by atoms with E-state index < -0.39 is 28.4 Å². The molecule has 0 atom stereocenters. The molecule has 24 heavy (non-hydrogen) atoms. The lowest BCUT2D eigenvalue weighted by Gasteiger charge is -2.20. The van der Waals surface area contributed by atoms with E-state index in [-0.39, 0.29) is 11.3 Å². The van der Waals surface area contributed by atoms with E-state index in [0.29, 0.717) is 10.8 Å². The fraction of sp³-hybridized carbons (Fsp3) is 0.0909. The standard InChI is InChI=1S/C11H13O10P3/c12-22(13,14)11(23(15,16)17)9-2-1-8-6-10(21-24(18,19)20)4-3-7(8)5-9/h1-6,11H,(H2,12,13,14)(H2,15,16,17)(H2,18,19,20). The first-order valence-corrected chi connectivity index (χ1v) is 11.1. The Balaban J connectivity index is 2.52. The van der Waals surface area contributed by atoms with Gasteiger partial charge in [-0.1, -0.05) is 18.2 Å². The molecule has 0 fully saturated rings. The van der Waals surface area contributed by atoms with E-state index in [1.54, 1.807) is 0 Å². The normalized spacial score (nSPS) is 13.5. The average Bonchev–Trinajstić information content (AvgIpc) is 2.33. The lowest BCUT2D eigenvalue weighted by molar-refractivity contribution is 0.283. The monoisotopic (exact) mass is 398 g/mol. The van der Waals surface area contributed by atoms with Crippen LogP contribution in [0.2, 0.25) is 0 Å². The molecule has 2 aromatic carbocycles. The Morgan fingerprint density at radius 2 is 1.25 bits per heavy atom. The summed E-state index contributed by atoms with van der Waals surface area (Å²) in [5.74, 6) is -0.134. The van der Waals surface area contributed by atoms with Gasteiger partial charge in [0, 0.05) is 0 Å². The molecule has 0 amide bonds. The summed E-state index contributed by atoms with van der Waals surface area (Å²) in [7, 11) is -15.0. The number of rotatable bonds is 5. The smallest absolute Gasteiger partial charge is 0.404 e. The lowest BCUT2D eigenvalue weighted by atomic mass is 10.1. The third-order valence-corrected chi connectivity index (χ3v) is 7.12. The highest BCUT2D eigenvalue weighted by Crippen LogP contribution is 2.69. The van der Waals surface area contributed by atoms with Crippen LogP contribution in [0.5, 0.6) is 5.75 Å². The third kappa shape index (κ3) is 4.74. The van der Waals surface area contributed by atoms with E-state index >= 15 is 0 Å². The molecule has 132 valence electrons. The van der Waals surface area contributed by atoms with E-state index in [2.05, 4.69) is 4.52 Å². The van der Waals surface area contributed by atoms with Crippen LogP contribution in [0.3, 0.4) is 0 Å². The highest BCUT2D eigenvalue weighted by atomic mass is 31.2. The fourth-order valence-corrected chi connectivity index (χ4v) is 5.24. The zero-order valence-corrected chi connectivity index (χ0v) is 14.4. The summed E-state index contributed by atoms with van der Waals surface area (Å²) in [5, 5.41) is -1.56. The van der Waals surface area contributed by atoms with Crippen molar-refractivity contribution in [1.82, 2.24) is 0 Å². The van der Waals surface area contributed by atoms with Crippen LogP contribution in [-0.2, 0) is 13.7 Å². The molecule has 0 bridgehead atoms. The van der Waals surface area contributed by atoms with Gasteiger partial charge in [-0.05, 0) is 34.5 Å². The van der Waals surface area contributed by atoms with Crippen LogP contribution < -0.4 is 4.52 Å². The molecular weight excluding hydrogens is 385 g/mol. The van der Waals surface area contributed by atoms with Crippen LogP contribution >= 0.6 is 23.0 Å². The van der Waals surface area contributed by atoms with Gasteiger partial charge in [-0.2, -0.15) is 0 Å². The van der Waals surface area contributed by atoms with Crippen LogP contribution in [0.15, 0.2) is 36.4 Å². The average molecular weight is 398 g/mol. The topological polar surface area (TPSA) is 182 Å². The van der Waals surface area contributed by atoms with Gasteiger partial charge < -0.3 is 24.1 Å². The molecule has 0 radical (unpaired) electrons. The van der Waals surface area contributed by atoms with E-state index in [1.165, 1.54) is 30.3 Å². The Bertz CT molecular complexity index is 885. The number of benzene rings is 2. The van der Waals surface area contributed by atoms with Gasteiger partial charge in [-0.3, -0.25) is 18.9 Å². The number of hydrogen-bond donors (Lipinski definition) is 6. The van der Waals surface area contributed by atoms with Crippen molar-refractivity contribution in [3.8, 4) is 5.75 Å².